The summed E-state index contributed by atoms with van der Waals surface area (Å²) in [5.74, 6) is -0.0553. The third kappa shape index (κ3) is 6.43. The van der Waals surface area contributed by atoms with Crippen molar-refractivity contribution in [3.63, 3.8) is 0 Å². The van der Waals surface area contributed by atoms with Crippen molar-refractivity contribution in [1.82, 2.24) is 4.90 Å². The number of carbonyl (C=O) groups is 2. The van der Waals surface area contributed by atoms with Crippen LogP contribution in [0, 0.1) is 0 Å². The lowest BCUT2D eigenvalue weighted by molar-refractivity contribution is -0.116. The Bertz CT molecular complexity index is 793. The first kappa shape index (κ1) is 21.0. The minimum absolute atomic E-state index is 0.0553. The fraction of sp³-hybridized carbons (Fsp3) is 0.364. The number of benzene rings is 2. The highest BCUT2D eigenvalue weighted by Gasteiger charge is 2.14. The first-order valence-corrected chi connectivity index (χ1v) is 9.86. The van der Waals surface area contributed by atoms with E-state index in [1.54, 1.807) is 14.1 Å². The van der Waals surface area contributed by atoms with Crippen molar-refractivity contribution >= 4 is 28.6 Å². The van der Waals surface area contributed by atoms with Crippen LogP contribution in [0.5, 0.6) is 0 Å². The van der Waals surface area contributed by atoms with Crippen molar-refractivity contribution < 1.29 is 9.59 Å². The second kappa shape index (κ2) is 9.09. The SMILES string of the molecule is CN(C)C(=O)Sc1ccccc1NC(=O)CCc1ccc(C(C)(C)C)cc1. The van der Waals surface area contributed by atoms with Crippen molar-refractivity contribution in [3.05, 3.63) is 59.7 Å². The highest BCUT2D eigenvalue weighted by molar-refractivity contribution is 8.13. The zero-order valence-corrected chi connectivity index (χ0v) is 17.5. The predicted molar refractivity (Wildman–Crippen MR) is 113 cm³/mol. The molecular formula is C22H28N2O2S. The Kier molecular flexibility index (Phi) is 7.08. The molecule has 0 radical (unpaired) electrons. The molecule has 0 atom stereocenters. The Morgan fingerprint density at radius 2 is 1.63 bits per heavy atom. The van der Waals surface area contributed by atoms with Gasteiger partial charge in [0.2, 0.25) is 5.91 Å². The molecule has 5 heteroatoms. The molecule has 0 aliphatic heterocycles. The number of aryl methyl sites for hydroxylation is 1. The van der Waals surface area contributed by atoms with Gasteiger partial charge >= 0.3 is 0 Å². The van der Waals surface area contributed by atoms with Crippen LogP contribution in [0.15, 0.2) is 53.4 Å². The van der Waals surface area contributed by atoms with Crippen LogP contribution in [0.25, 0.3) is 0 Å². The number of carbonyl (C=O) groups excluding carboxylic acids is 2. The minimum atomic E-state index is -0.0735. The number of nitrogens with one attached hydrogen (secondary N) is 1. The molecule has 27 heavy (non-hydrogen) atoms. The maximum Gasteiger partial charge on any atom is 0.286 e. The van der Waals surface area contributed by atoms with E-state index in [0.717, 1.165) is 22.2 Å². The molecule has 0 aromatic heterocycles. The highest BCUT2D eigenvalue weighted by atomic mass is 32.2. The van der Waals surface area contributed by atoms with Crippen LogP contribution in [0.3, 0.4) is 0 Å². The van der Waals surface area contributed by atoms with Gasteiger partial charge in [0.1, 0.15) is 0 Å². The van der Waals surface area contributed by atoms with Gasteiger partial charge in [-0.25, -0.2) is 0 Å². The van der Waals surface area contributed by atoms with E-state index >= 15 is 0 Å². The second-order valence-electron chi connectivity index (χ2n) is 7.75. The molecule has 2 rings (SSSR count). The quantitative estimate of drug-likeness (QED) is 0.709. The zero-order valence-electron chi connectivity index (χ0n) is 16.7. The van der Waals surface area contributed by atoms with Gasteiger partial charge in [0.05, 0.1) is 5.69 Å². The zero-order chi connectivity index (χ0) is 20.0. The van der Waals surface area contributed by atoms with E-state index in [1.807, 2.05) is 24.3 Å². The summed E-state index contributed by atoms with van der Waals surface area (Å²) < 4.78 is 0. The van der Waals surface area contributed by atoms with Crippen molar-refractivity contribution in [2.24, 2.45) is 0 Å². The van der Waals surface area contributed by atoms with Gasteiger partial charge in [0.25, 0.3) is 5.24 Å². The van der Waals surface area contributed by atoms with E-state index in [0.29, 0.717) is 18.5 Å². The normalized spacial score (nSPS) is 11.1. The minimum Gasteiger partial charge on any atom is -0.339 e. The number of nitrogens with zero attached hydrogens (tertiary/aromatic N) is 1. The molecule has 4 nitrogen and oxygen atoms in total. The van der Waals surface area contributed by atoms with E-state index in [9.17, 15) is 9.59 Å². The summed E-state index contributed by atoms with van der Waals surface area (Å²) in [6, 6.07) is 15.8. The van der Waals surface area contributed by atoms with Crippen LogP contribution in [-0.4, -0.2) is 30.1 Å². The molecule has 0 bridgehead atoms. The predicted octanol–water partition coefficient (Wildman–Crippen LogP) is 5.33. The van der Waals surface area contributed by atoms with Crippen LogP contribution in [-0.2, 0) is 16.6 Å². The summed E-state index contributed by atoms with van der Waals surface area (Å²) in [6.07, 6.45) is 1.08. The molecule has 2 aromatic rings. The maximum atomic E-state index is 12.4. The number of para-hydroxylation sites is 1. The smallest absolute Gasteiger partial charge is 0.286 e. The Morgan fingerprint density at radius 3 is 2.22 bits per heavy atom. The van der Waals surface area contributed by atoms with E-state index in [2.05, 4.69) is 50.4 Å². The van der Waals surface area contributed by atoms with Crippen molar-refractivity contribution in [2.45, 2.75) is 43.9 Å². The summed E-state index contributed by atoms with van der Waals surface area (Å²) in [4.78, 5) is 26.6. The van der Waals surface area contributed by atoms with Gasteiger partial charge in [-0.15, -0.1) is 0 Å². The largest absolute Gasteiger partial charge is 0.339 e. The topological polar surface area (TPSA) is 49.4 Å². The number of amides is 2. The van der Waals surface area contributed by atoms with Crippen molar-refractivity contribution in [3.8, 4) is 0 Å². The molecule has 0 fully saturated rings. The Hall–Kier alpha value is -2.27. The number of hydrogen-bond acceptors (Lipinski definition) is 3. The molecule has 0 saturated heterocycles. The Balaban J connectivity index is 1.95. The number of anilines is 1. The lowest BCUT2D eigenvalue weighted by Crippen LogP contribution is -2.17. The highest BCUT2D eigenvalue weighted by Crippen LogP contribution is 2.29. The van der Waals surface area contributed by atoms with Crippen molar-refractivity contribution in [2.75, 3.05) is 19.4 Å². The van der Waals surface area contributed by atoms with Crippen LogP contribution in [0.4, 0.5) is 10.5 Å². The number of thioether (sulfide) groups is 1. The summed E-state index contributed by atoms with van der Waals surface area (Å²) in [7, 11) is 3.42. The average Bonchev–Trinajstić information content (AvgIpc) is 2.61. The van der Waals surface area contributed by atoms with Gasteiger partial charge in [0.15, 0.2) is 0 Å². The summed E-state index contributed by atoms with van der Waals surface area (Å²) in [5, 5.41) is 2.86. The molecule has 0 unspecified atom stereocenters. The molecule has 144 valence electrons. The number of hydrogen-bond donors (Lipinski definition) is 1. The van der Waals surface area contributed by atoms with Crippen molar-refractivity contribution in [1.29, 1.82) is 0 Å². The Morgan fingerprint density at radius 1 is 1.00 bits per heavy atom. The van der Waals surface area contributed by atoms with Crippen LogP contribution in [0.2, 0.25) is 0 Å². The molecule has 0 aliphatic rings. The molecule has 0 saturated carbocycles. The van der Waals surface area contributed by atoms with E-state index in [4.69, 9.17) is 0 Å². The second-order valence-corrected chi connectivity index (χ2v) is 8.75. The fourth-order valence-corrected chi connectivity index (χ4v) is 3.23. The van der Waals surface area contributed by atoms with Gasteiger partial charge < -0.3 is 10.2 Å². The van der Waals surface area contributed by atoms with Gasteiger partial charge in [0, 0.05) is 25.4 Å². The molecular weight excluding hydrogens is 356 g/mol. The molecule has 0 heterocycles. The summed E-state index contributed by atoms with van der Waals surface area (Å²) >= 11 is 1.11. The third-order valence-corrected chi connectivity index (χ3v) is 5.30. The average molecular weight is 385 g/mol. The molecule has 1 N–H and O–H groups in total. The standard InChI is InChI=1S/C22H28N2O2S/c1-22(2,3)17-13-10-16(11-14-17)12-15-20(25)23-18-8-6-7-9-19(18)27-21(26)24(4)5/h6-11,13-14H,12,15H2,1-5H3,(H,23,25). The lowest BCUT2D eigenvalue weighted by atomic mass is 9.86. The molecule has 0 spiro atoms. The van der Waals surface area contributed by atoms with E-state index in [1.165, 1.54) is 10.5 Å². The van der Waals surface area contributed by atoms with Gasteiger partial charge in [-0.1, -0.05) is 57.2 Å². The first-order valence-electron chi connectivity index (χ1n) is 9.04. The third-order valence-electron chi connectivity index (χ3n) is 4.18. The maximum absolute atomic E-state index is 12.4. The van der Waals surface area contributed by atoms with Gasteiger partial charge in [-0.05, 0) is 46.9 Å². The van der Waals surface area contributed by atoms with Crippen LogP contribution < -0.4 is 5.32 Å². The first-order chi connectivity index (χ1) is 12.7. The molecule has 0 aliphatic carbocycles. The van der Waals surface area contributed by atoms with E-state index < -0.39 is 0 Å². The fourth-order valence-electron chi connectivity index (χ4n) is 2.49. The van der Waals surface area contributed by atoms with Crippen LogP contribution >= 0.6 is 11.8 Å². The van der Waals surface area contributed by atoms with Gasteiger partial charge in [-0.2, -0.15) is 0 Å². The molecule has 2 aromatic carbocycles. The monoisotopic (exact) mass is 384 g/mol. The van der Waals surface area contributed by atoms with Crippen LogP contribution in [0.1, 0.15) is 38.3 Å². The lowest BCUT2D eigenvalue weighted by Gasteiger charge is -2.19. The van der Waals surface area contributed by atoms with Gasteiger partial charge in [-0.3, -0.25) is 9.59 Å². The Labute approximate surface area is 166 Å². The molecule has 2 amide bonds. The number of rotatable bonds is 5. The van der Waals surface area contributed by atoms with E-state index in [-0.39, 0.29) is 16.6 Å². The summed E-state index contributed by atoms with van der Waals surface area (Å²) in [6.45, 7) is 6.56. The summed E-state index contributed by atoms with van der Waals surface area (Å²) in [5.41, 5.74) is 3.22.